The Balaban J connectivity index is 1.89. The summed E-state index contributed by atoms with van der Waals surface area (Å²) in [5, 5.41) is 13.5. The Morgan fingerprint density at radius 2 is 1.83 bits per heavy atom. The largest absolute Gasteiger partial charge is 0.398 e. The molecule has 0 aromatic heterocycles. The maximum atomic E-state index is 12.2. The van der Waals surface area contributed by atoms with E-state index in [1.807, 2.05) is 6.07 Å². The molecule has 1 heterocycles. The maximum absolute atomic E-state index is 12.2. The van der Waals surface area contributed by atoms with Gasteiger partial charge in [0.2, 0.25) is 0 Å². The van der Waals surface area contributed by atoms with Crippen LogP contribution in [-0.4, -0.2) is 17.7 Å². The third-order valence-electron chi connectivity index (χ3n) is 3.40. The molecule has 112 valence electrons. The maximum Gasteiger partial charge on any atom is 0.261 e. The number of imide groups is 1. The molecule has 0 saturated heterocycles. The highest BCUT2D eigenvalue weighted by molar-refractivity contribution is 6.24. The highest BCUT2D eigenvalue weighted by atomic mass is 16.2. The summed E-state index contributed by atoms with van der Waals surface area (Å²) in [5.41, 5.74) is 7.24. The predicted octanol–water partition coefficient (Wildman–Crippen LogP) is 1.28. The molecule has 0 radical (unpaired) electrons. The minimum Gasteiger partial charge on any atom is -0.398 e. The van der Waals surface area contributed by atoms with Crippen LogP contribution < -0.4 is 16.4 Å². The quantitative estimate of drug-likeness (QED) is 0.569. The van der Waals surface area contributed by atoms with Gasteiger partial charge in [-0.05, 0) is 36.4 Å². The van der Waals surface area contributed by atoms with Crippen molar-refractivity contribution in [3.05, 3.63) is 58.7 Å². The summed E-state index contributed by atoms with van der Waals surface area (Å²) >= 11 is 0. The molecule has 0 saturated carbocycles. The number of amides is 3. The Labute approximate surface area is 130 Å². The number of nitrogens with zero attached hydrogens (tertiary/aromatic N) is 1. The van der Waals surface area contributed by atoms with Crippen LogP contribution in [-0.2, 0) is 0 Å². The fourth-order valence-corrected chi connectivity index (χ4v) is 2.30. The topological polar surface area (TPSA) is 125 Å². The highest BCUT2D eigenvalue weighted by Gasteiger charge is 2.29. The third kappa shape index (κ3) is 2.49. The lowest BCUT2D eigenvalue weighted by atomic mass is 10.1. The van der Waals surface area contributed by atoms with E-state index >= 15 is 0 Å². The van der Waals surface area contributed by atoms with E-state index in [0.717, 1.165) is 0 Å². The zero-order chi connectivity index (χ0) is 16.6. The summed E-state index contributed by atoms with van der Waals surface area (Å²) in [6, 6.07) is 10.9. The summed E-state index contributed by atoms with van der Waals surface area (Å²) in [4.78, 5) is 35.4. The van der Waals surface area contributed by atoms with Gasteiger partial charge in [-0.1, -0.05) is 0 Å². The summed E-state index contributed by atoms with van der Waals surface area (Å²) in [6.45, 7) is 0. The number of hydrogen-bond donors (Lipinski definition) is 3. The highest BCUT2D eigenvalue weighted by Crippen LogP contribution is 2.27. The van der Waals surface area contributed by atoms with Crippen LogP contribution in [0.4, 0.5) is 11.4 Å². The number of anilines is 2. The van der Waals surface area contributed by atoms with Crippen molar-refractivity contribution in [1.82, 2.24) is 5.32 Å². The molecule has 0 spiro atoms. The predicted molar refractivity (Wildman–Crippen MR) is 81.8 cm³/mol. The van der Waals surface area contributed by atoms with Gasteiger partial charge in [-0.25, -0.2) is 0 Å². The number of fused-ring (bicyclic) bond motifs is 1. The van der Waals surface area contributed by atoms with Crippen LogP contribution in [0.1, 0.15) is 36.6 Å². The lowest BCUT2D eigenvalue weighted by Crippen LogP contribution is -2.20. The number of benzene rings is 2. The van der Waals surface area contributed by atoms with Gasteiger partial charge in [-0.3, -0.25) is 19.7 Å². The minimum atomic E-state index is -0.550. The molecule has 3 amide bonds. The molecular formula is C16H10N4O3. The van der Waals surface area contributed by atoms with Crippen molar-refractivity contribution >= 4 is 29.1 Å². The Morgan fingerprint density at radius 1 is 1.13 bits per heavy atom. The fourth-order valence-electron chi connectivity index (χ4n) is 2.30. The Hall–Kier alpha value is -3.66. The molecule has 0 atom stereocenters. The van der Waals surface area contributed by atoms with Crippen LogP contribution >= 0.6 is 0 Å². The normalized spacial score (nSPS) is 12.3. The molecule has 2 aromatic rings. The molecule has 1 aliphatic heterocycles. The third-order valence-corrected chi connectivity index (χ3v) is 3.40. The van der Waals surface area contributed by atoms with Crippen LogP contribution in [0, 0.1) is 11.3 Å². The molecule has 0 bridgehead atoms. The summed E-state index contributed by atoms with van der Waals surface area (Å²) in [6.07, 6.45) is 0. The van der Waals surface area contributed by atoms with Crippen LogP contribution in [0.3, 0.4) is 0 Å². The molecule has 0 aliphatic carbocycles. The molecule has 23 heavy (non-hydrogen) atoms. The van der Waals surface area contributed by atoms with E-state index in [2.05, 4.69) is 10.6 Å². The van der Waals surface area contributed by atoms with Crippen LogP contribution in [0.5, 0.6) is 0 Å². The standard InChI is InChI=1S/C16H10N4O3/c17-7-8-1-3-9(4-2-8)14(21)19-10-5-11-13(12(18)6-10)16(23)20-15(11)22/h1-6H,18H2,(H,19,21)(H,20,22,23). The molecule has 7 nitrogen and oxygen atoms in total. The van der Waals surface area contributed by atoms with Crippen molar-refractivity contribution in [3.8, 4) is 6.07 Å². The zero-order valence-corrected chi connectivity index (χ0v) is 11.7. The van der Waals surface area contributed by atoms with Gasteiger partial charge in [0, 0.05) is 16.9 Å². The van der Waals surface area contributed by atoms with Crippen molar-refractivity contribution in [2.75, 3.05) is 11.1 Å². The summed E-state index contributed by atoms with van der Waals surface area (Å²) in [7, 11) is 0. The Morgan fingerprint density at radius 3 is 2.48 bits per heavy atom. The van der Waals surface area contributed by atoms with E-state index in [4.69, 9.17) is 11.0 Å². The Bertz CT molecular complexity index is 895. The van der Waals surface area contributed by atoms with E-state index in [1.165, 1.54) is 36.4 Å². The molecule has 1 aliphatic rings. The van der Waals surface area contributed by atoms with E-state index < -0.39 is 17.7 Å². The monoisotopic (exact) mass is 306 g/mol. The number of nitrogens with two attached hydrogens (primary N) is 1. The first-order valence-electron chi connectivity index (χ1n) is 6.60. The van der Waals surface area contributed by atoms with Gasteiger partial charge >= 0.3 is 0 Å². The van der Waals surface area contributed by atoms with Gasteiger partial charge in [0.25, 0.3) is 17.7 Å². The fraction of sp³-hybridized carbons (Fsp3) is 0. The molecule has 4 N–H and O–H groups in total. The summed E-state index contributed by atoms with van der Waals surface area (Å²) in [5.74, 6) is -1.52. The van der Waals surface area contributed by atoms with Crippen molar-refractivity contribution in [2.45, 2.75) is 0 Å². The second kappa shape index (κ2) is 5.27. The van der Waals surface area contributed by atoms with Gasteiger partial charge in [0.15, 0.2) is 0 Å². The molecule has 0 fully saturated rings. The van der Waals surface area contributed by atoms with E-state index in [9.17, 15) is 14.4 Å². The second-order valence-electron chi connectivity index (χ2n) is 4.91. The van der Waals surface area contributed by atoms with E-state index in [0.29, 0.717) is 16.8 Å². The van der Waals surface area contributed by atoms with Gasteiger partial charge in [0.05, 0.1) is 22.8 Å². The second-order valence-corrected chi connectivity index (χ2v) is 4.91. The smallest absolute Gasteiger partial charge is 0.261 e. The molecule has 7 heteroatoms. The molecule has 0 unspecified atom stereocenters. The molecular weight excluding hydrogens is 296 g/mol. The zero-order valence-electron chi connectivity index (χ0n) is 11.7. The number of nitrogen functional groups attached to an aromatic ring is 1. The Kier molecular flexibility index (Phi) is 3.27. The van der Waals surface area contributed by atoms with Gasteiger partial charge < -0.3 is 11.1 Å². The van der Waals surface area contributed by atoms with Gasteiger partial charge in [-0.2, -0.15) is 5.26 Å². The average Bonchev–Trinajstić information content (AvgIpc) is 2.82. The number of nitrogens with one attached hydrogen (secondary N) is 2. The van der Waals surface area contributed by atoms with Crippen molar-refractivity contribution in [1.29, 1.82) is 5.26 Å². The minimum absolute atomic E-state index is 0.112. The van der Waals surface area contributed by atoms with Crippen LogP contribution in [0.25, 0.3) is 0 Å². The molecule has 3 rings (SSSR count). The number of carbonyl (C=O) groups is 3. The first kappa shape index (κ1) is 14.3. The van der Waals surface area contributed by atoms with Crippen LogP contribution in [0.15, 0.2) is 36.4 Å². The average molecular weight is 306 g/mol. The lowest BCUT2D eigenvalue weighted by molar-refractivity contribution is 0.0879. The van der Waals surface area contributed by atoms with Crippen molar-refractivity contribution < 1.29 is 14.4 Å². The first-order chi connectivity index (χ1) is 11.0. The van der Waals surface area contributed by atoms with Gasteiger partial charge in [-0.15, -0.1) is 0 Å². The van der Waals surface area contributed by atoms with Crippen molar-refractivity contribution in [3.63, 3.8) is 0 Å². The van der Waals surface area contributed by atoms with Gasteiger partial charge in [0.1, 0.15) is 0 Å². The number of nitriles is 1. The number of rotatable bonds is 2. The van der Waals surface area contributed by atoms with Crippen LogP contribution in [0.2, 0.25) is 0 Å². The number of hydrogen-bond acceptors (Lipinski definition) is 5. The summed E-state index contributed by atoms with van der Waals surface area (Å²) < 4.78 is 0. The first-order valence-corrected chi connectivity index (χ1v) is 6.60. The SMILES string of the molecule is N#Cc1ccc(C(=O)Nc2cc(N)c3c(c2)C(=O)NC3=O)cc1. The molecule has 2 aromatic carbocycles. The van der Waals surface area contributed by atoms with Crippen molar-refractivity contribution in [2.24, 2.45) is 0 Å². The lowest BCUT2D eigenvalue weighted by Gasteiger charge is -2.08. The van der Waals surface area contributed by atoms with E-state index in [1.54, 1.807) is 0 Å². The number of carbonyl (C=O) groups excluding carboxylic acids is 3. The van der Waals surface area contributed by atoms with E-state index in [-0.39, 0.29) is 16.8 Å².